The van der Waals surface area contributed by atoms with Crippen molar-refractivity contribution in [1.29, 1.82) is 0 Å². The fraction of sp³-hybridized carbons (Fsp3) is 0.944. The number of hydrogen-bond acceptors (Lipinski definition) is 4. The van der Waals surface area contributed by atoms with E-state index in [1.165, 1.54) is 19.3 Å². The first-order valence-electron chi connectivity index (χ1n) is 9.18. The van der Waals surface area contributed by atoms with E-state index in [1.807, 2.05) is 27.7 Å². The van der Waals surface area contributed by atoms with Crippen LogP contribution >= 0.6 is 0 Å². The van der Waals surface area contributed by atoms with Crippen LogP contribution in [-0.2, 0) is 4.74 Å². The van der Waals surface area contributed by atoms with Crippen molar-refractivity contribution >= 4 is 6.09 Å². The van der Waals surface area contributed by atoms with E-state index < -0.39 is 5.60 Å². The van der Waals surface area contributed by atoms with Gasteiger partial charge >= 0.3 is 6.09 Å². The van der Waals surface area contributed by atoms with Gasteiger partial charge in [0, 0.05) is 25.2 Å². The Morgan fingerprint density at radius 2 is 2.04 bits per heavy atom. The van der Waals surface area contributed by atoms with Crippen LogP contribution in [0.15, 0.2) is 0 Å². The maximum Gasteiger partial charge on any atom is 0.407 e. The molecule has 1 saturated heterocycles. The Bertz CT molecular complexity index is 390. The summed E-state index contributed by atoms with van der Waals surface area (Å²) in [5.74, 6) is 0.444. The summed E-state index contributed by atoms with van der Waals surface area (Å²) in [5.41, 5.74) is -0.468. The van der Waals surface area contributed by atoms with Crippen molar-refractivity contribution in [3.8, 4) is 0 Å². The Labute approximate surface area is 140 Å². The standard InChI is InChI=1S/C18H34N2O3/c1-5-16(21)10-13-9-14(19-17(22)23-18(2,3)4)12-20(11-13)15-7-6-8-15/h13-16,21H,5-12H2,1-4H3,(H,19,22). The molecule has 2 aliphatic rings. The molecule has 1 aliphatic heterocycles. The minimum atomic E-state index is -0.468. The topological polar surface area (TPSA) is 61.8 Å². The van der Waals surface area contributed by atoms with E-state index in [2.05, 4.69) is 10.2 Å². The van der Waals surface area contributed by atoms with Crippen molar-refractivity contribution in [1.82, 2.24) is 10.2 Å². The Morgan fingerprint density at radius 3 is 2.57 bits per heavy atom. The fourth-order valence-corrected chi connectivity index (χ4v) is 3.59. The largest absolute Gasteiger partial charge is 0.444 e. The first kappa shape index (κ1) is 18.5. The molecule has 5 heteroatoms. The third-order valence-electron chi connectivity index (χ3n) is 4.95. The highest BCUT2D eigenvalue weighted by atomic mass is 16.6. The van der Waals surface area contributed by atoms with Crippen molar-refractivity contribution in [2.45, 2.75) is 90.0 Å². The number of amides is 1. The molecule has 1 aliphatic carbocycles. The van der Waals surface area contributed by atoms with Gasteiger partial charge in [-0.3, -0.25) is 4.90 Å². The van der Waals surface area contributed by atoms with Gasteiger partial charge in [-0.2, -0.15) is 0 Å². The Balaban J connectivity index is 1.92. The van der Waals surface area contributed by atoms with Crippen LogP contribution in [0.5, 0.6) is 0 Å². The van der Waals surface area contributed by atoms with E-state index in [4.69, 9.17) is 4.74 Å². The van der Waals surface area contributed by atoms with E-state index in [-0.39, 0.29) is 18.2 Å². The molecule has 0 aromatic carbocycles. The molecule has 1 amide bonds. The normalized spacial score (nSPS) is 28.0. The number of hydrogen-bond donors (Lipinski definition) is 2. The van der Waals surface area contributed by atoms with Gasteiger partial charge in [0.15, 0.2) is 0 Å². The van der Waals surface area contributed by atoms with E-state index in [1.54, 1.807) is 0 Å². The molecule has 0 aromatic rings. The summed E-state index contributed by atoms with van der Waals surface area (Å²) >= 11 is 0. The van der Waals surface area contributed by atoms with Crippen molar-refractivity contribution in [3.63, 3.8) is 0 Å². The van der Waals surface area contributed by atoms with Crippen LogP contribution < -0.4 is 5.32 Å². The van der Waals surface area contributed by atoms with Gasteiger partial charge in [-0.25, -0.2) is 4.79 Å². The number of carbonyl (C=O) groups excluding carboxylic acids is 1. The lowest BCUT2D eigenvalue weighted by Gasteiger charge is -2.45. The zero-order valence-electron chi connectivity index (χ0n) is 15.2. The molecule has 2 fully saturated rings. The molecule has 0 spiro atoms. The smallest absolute Gasteiger partial charge is 0.407 e. The van der Waals surface area contributed by atoms with E-state index >= 15 is 0 Å². The lowest BCUT2D eigenvalue weighted by molar-refractivity contribution is 0.0244. The number of aliphatic hydroxyl groups is 1. The monoisotopic (exact) mass is 326 g/mol. The average molecular weight is 326 g/mol. The summed E-state index contributed by atoms with van der Waals surface area (Å²) in [6.45, 7) is 9.63. The second kappa shape index (κ2) is 7.84. The van der Waals surface area contributed by atoms with Crippen LogP contribution in [-0.4, -0.2) is 53.0 Å². The predicted molar refractivity (Wildman–Crippen MR) is 91.4 cm³/mol. The number of nitrogens with one attached hydrogen (secondary N) is 1. The molecule has 23 heavy (non-hydrogen) atoms. The van der Waals surface area contributed by atoms with Gasteiger partial charge in [-0.15, -0.1) is 0 Å². The molecular formula is C18H34N2O3. The first-order valence-corrected chi connectivity index (χ1v) is 9.18. The molecule has 134 valence electrons. The van der Waals surface area contributed by atoms with Crippen LogP contribution in [0.4, 0.5) is 4.79 Å². The van der Waals surface area contributed by atoms with Gasteiger partial charge in [0.25, 0.3) is 0 Å². The Kier molecular flexibility index (Phi) is 6.32. The summed E-state index contributed by atoms with van der Waals surface area (Å²) in [4.78, 5) is 14.6. The van der Waals surface area contributed by atoms with Crippen molar-refractivity contribution in [2.75, 3.05) is 13.1 Å². The minimum Gasteiger partial charge on any atom is -0.444 e. The summed E-state index contributed by atoms with van der Waals surface area (Å²) in [7, 11) is 0. The summed E-state index contributed by atoms with van der Waals surface area (Å²) in [6, 6.07) is 0.785. The van der Waals surface area contributed by atoms with Gasteiger partial charge < -0.3 is 15.2 Å². The molecule has 2 N–H and O–H groups in total. The zero-order valence-corrected chi connectivity index (χ0v) is 15.2. The molecule has 5 nitrogen and oxygen atoms in total. The van der Waals surface area contributed by atoms with Gasteiger partial charge in [-0.05, 0) is 58.8 Å². The van der Waals surface area contributed by atoms with Crippen LogP contribution in [0.3, 0.4) is 0 Å². The van der Waals surface area contributed by atoms with Crippen molar-refractivity contribution < 1.29 is 14.6 Å². The number of nitrogens with zero attached hydrogens (tertiary/aromatic N) is 1. The zero-order chi connectivity index (χ0) is 17.0. The van der Waals surface area contributed by atoms with Crippen LogP contribution in [0.2, 0.25) is 0 Å². The molecule has 2 rings (SSSR count). The third-order valence-corrected chi connectivity index (χ3v) is 4.95. The van der Waals surface area contributed by atoms with Crippen LogP contribution in [0.1, 0.15) is 66.2 Å². The van der Waals surface area contributed by atoms with E-state index in [9.17, 15) is 9.90 Å². The number of aliphatic hydroxyl groups excluding tert-OH is 1. The van der Waals surface area contributed by atoms with Gasteiger partial charge in [0.1, 0.15) is 5.60 Å². The lowest BCUT2D eigenvalue weighted by atomic mass is 9.84. The van der Waals surface area contributed by atoms with Gasteiger partial charge in [0.2, 0.25) is 0 Å². The molecule has 0 radical (unpaired) electrons. The maximum atomic E-state index is 12.1. The number of rotatable bonds is 5. The second-order valence-corrected chi connectivity index (χ2v) is 8.28. The maximum absolute atomic E-state index is 12.1. The molecule has 3 unspecified atom stereocenters. The summed E-state index contributed by atoms with van der Waals surface area (Å²) in [6.07, 6.45) is 5.84. The highest BCUT2D eigenvalue weighted by Gasteiger charge is 2.35. The van der Waals surface area contributed by atoms with Gasteiger partial charge in [-0.1, -0.05) is 13.3 Å². The number of ether oxygens (including phenoxy) is 1. The molecular weight excluding hydrogens is 292 g/mol. The van der Waals surface area contributed by atoms with Crippen molar-refractivity contribution in [3.05, 3.63) is 0 Å². The van der Waals surface area contributed by atoms with E-state index in [0.29, 0.717) is 12.0 Å². The second-order valence-electron chi connectivity index (χ2n) is 8.28. The van der Waals surface area contributed by atoms with Crippen LogP contribution in [0, 0.1) is 5.92 Å². The molecule has 0 bridgehead atoms. The Morgan fingerprint density at radius 1 is 1.35 bits per heavy atom. The summed E-state index contributed by atoms with van der Waals surface area (Å²) in [5, 5.41) is 13.0. The van der Waals surface area contributed by atoms with Gasteiger partial charge in [0.05, 0.1) is 6.10 Å². The van der Waals surface area contributed by atoms with Crippen molar-refractivity contribution in [2.24, 2.45) is 5.92 Å². The first-order chi connectivity index (χ1) is 10.8. The third kappa shape index (κ3) is 5.96. The highest BCUT2D eigenvalue weighted by molar-refractivity contribution is 5.68. The number of likely N-dealkylation sites (tertiary alicyclic amines) is 1. The van der Waals surface area contributed by atoms with E-state index in [0.717, 1.165) is 32.4 Å². The Hall–Kier alpha value is -0.810. The average Bonchev–Trinajstić information content (AvgIpc) is 2.33. The molecule has 3 atom stereocenters. The number of carbonyl (C=O) groups is 1. The molecule has 0 aromatic heterocycles. The van der Waals surface area contributed by atoms with Crippen LogP contribution in [0.25, 0.3) is 0 Å². The highest BCUT2D eigenvalue weighted by Crippen LogP contribution is 2.31. The molecule has 1 saturated carbocycles. The minimum absolute atomic E-state index is 0.119. The number of alkyl carbamates (subject to hydrolysis) is 1. The summed E-state index contributed by atoms with van der Waals surface area (Å²) < 4.78 is 5.40. The number of piperidine rings is 1. The fourth-order valence-electron chi connectivity index (χ4n) is 3.59. The predicted octanol–water partition coefficient (Wildman–Crippen LogP) is 2.92. The lowest BCUT2D eigenvalue weighted by Crippen LogP contribution is -2.56. The quantitative estimate of drug-likeness (QED) is 0.815. The molecule has 1 heterocycles. The SMILES string of the molecule is CCC(O)CC1CC(NC(=O)OC(C)(C)C)CN(C2CCC2)C1.